The Bertz CT molecular complexity index is 979. The molecular formula is C16H16O6S2. The minimum absolute atomic E-state index is 0.0505. The van der Waals surface area contributed by atoms with Crippen molar-refractivity contribution in [3.63, 3.8) is 0 Å². The molecular weight excluding hydrogens is 352 g/mol. The van der Waals surface area contributed by atoms with Gasteiger partial charge in [0, 0.05) is 11.1 Å². The SMILES string of the molecule is COc1c(CO)ccc2c1C(S(=O)(=O)c1ccccc1)CS2(=O)=O. The fourth-order valence-electron chi connectivity index (χ4n) is 2.96. The summed E-state index contributed by atoms with van der Waals surface area (Å²) in [7, 11) is -6.34. The third-order valence-electron chi connectivity index (χ3n) is 4.09. The first kappa shape index (κ1) is 16.9. The van der Waals surface area contributed by atoms with Crippen LogP contribution in [0.4, 0.5) is 0 Å². The van der Waals surface area contributed by atoms with Crippen molar-refractivity contribution in [1.29, 1.82) is 0 Å². The second-order valence-electron chi connectivity index (χ2n) is 5.46. The van der Waals surface area contributed by atoms with Crippen LogP contribution in [0, 0.1) is 0 Å². The molecule has 0 bridgehead atoms. The average molecular weight is 368 g/mol. The number of aliphatic hydroxyl groups is 1. The normalized spacial score (nSPS) is 19.0. The number of benzene rings is 2. The minimum atomic E-state index is -3.92. The minimum Gasteiger partial charge on any atom is -0.496 e. The van der Waals surface area contributed by atoms with E-state index in [1.807, 2.05) is 0 Å². The van der Waals surface area contributed by atoms with Gasteiger partial charge in [-0.3, -0.25) is 0 Å². The van der Waals surface area contributed by atoms with Crippen molar-refractivity contribution in [2.24, 2.45) is 0 Å². The highest BCUT2D eigenvalue weighted by Crippen LogP contribution is 2.46. The molecule has 0 aliphatic carbocycles. The fraction of sp³-hybridized carbons (Fsp3) is 0.250. The number of sulfone groups is 2. The van der Waals surface area contributed by atoms with Crippen LogP contribution in [0.25, 0.3) is 0 Å². The lowest BCUT2D eigenvalue weighted by atomic mass is 10.1. The predicted molar refractivity (Wildman–Crippen MR) is 87.3 cm³/mol. The zero-order valence-electron chi connectivity index (χ0n) is 12.8. The summed E-state index contributed by atoms with van der Waals surface area (Å²) in [5.41, 5.74) is 0.453. The zero-order chi connectivity index (χ0) is 17.5. The summed E-state index contributed by atoms with van der Waals surface area (Å²) in [4.78, 5) is -0.00411. The van der Waals surface area contributed by atoms with Crippen molar-refractivity contribution in [1.82, 2.24) is 0 Å². The second-order valence-corrected chi connectivity index (χ2v) is 9.59. The summed E-state index contributed by atoms with van der Waals surface area (Å²) in [6.07, 6.45) is 0. The van der Waals surface area contributed by atoms with Crippen molar-refractivity contribution in [2.45, 2.75) is 21.6 Å². The number of ether oxygens (including phenoxy) is 1. The van der Waals surface area contributed by atoms with E-state index in [0.717, 1.165) is 0 Å². The van der Waals surface area contributed by atoms with E-state index in [2.05, 4.69) is 0 Å². The first-order valence-electron chi connectivity index (χ1n) is 7.15. The van der Waals surface area contributed by atoms with Gasteiger partial charge in [-0.15, -0.1) is 0 Å². The van der Waals surface area contributed by atoms with E-state index in [1.165, 1.54) is 31.4 Å². The Morgan fingerprint density at radius 2 is 1.83 bits per heavy atom. The monoisotopic (exact) mass is 368 g/mol. The molecule has 0 saturated carbocycles. The summed E-state index contributed by atoms with van der Waals surface area (Å²) < 4.78 is 56.0. The number of hydrogen-bond donors (Lipinski definition) is 1. The Balaban J connectivity index is 2.29. The van der Waals surface area contributed by atoms with Gasteiger partial charge in [-0.1, -0.05) is 24.3 Å². The molecule has 0 aromatic heterocycles. The Hall–Kier alpha value is -1.90. The highest BCUT2D eigenvalue weighted by molar-refractivity contribution is 7.96. The largest absolute Gasteiger partial charge is 0.496 e. The lowest BCUT2D eigenvalue weighted by molar-refractivity contribution is 0.273. The third-order valence-corrected chi connectivity index (χ3v) is 8.18. The first-order valence-corrected chi connectivity index (χ1v) is 10.3. The Morgan fingerprint density at radius 3 is 2.42 bits per heavy atom. The lowest BCUT2D eigenvalue weighted by Gasteiger charge is -2.17. The van der Waals surface area contributed by atoms with Crippen molar-refractivity contribution >= 4 is 19.7 Å². The first-order chi connectivity index (χ1) is 11.3. The van der Waals surface area contributed by atoms with Gasteiger partial charge < -0.3 is 9.84 Å². The quantitative estimate of drug-likeness (QED) is 0.878. The maximum Gasteiger partial charge on any atom is 0.186 e. The number of aliphatic hydroxyl groups excluding tert-OH is 1. The molecule has 8 heteroatoms. The van der Waals surface area contributed by atoms with E-state index in [9.17, 15) is 21.9 Å². The molecule has 0 spiro atoms. The molecule has 0 saturated heterocycles. The van der Waals surface area contributed by atoms with Crippen LogP contribution in [0.15, 0.2) is 52.3 Å². The molecule has 1 atom stereocenters. The van der Waals surface area contributed by atoms with Crippen LogP contribution in [0.5, 0.6) is 5.75 Å². The summed E-state index contributed by atoms with van der Waals surface area (Å²) >= 11 is 0. The predicted octanol–water partition coefficient (Wildman–Crippen LogP) is 1.49. The van der Waals surface area contributed by atoms with Crippen molar-refractivity contribution < 1.29 is 26.7 Å². The van der Waals surface area contributed by atoms with Crippen LogP contribution in [0.2, 0.25) is 0 Å². The van der Waals surface area contributed by atoms with Gasteiger partial charge in [0.2, 0.25) is 0 Å². The van der Waals surface area contributed by atoms with Gasteiger partial charge in [0.25, 0.3) is 0 Å². The van der Waals surface area contributed by atoms with Crippen LogP contribution in [-0.4, -0.2) is 34.8 Å². The number of rotatable bonds is 4. The average Bonchev–Trinajstić information content (AvgIpc) is 2.87. The van der Waals surface area contributed by atoms with Gasteiger partial charge in [-0.25, -0.2) is 16.8 Å². The van der Waals surface area contributed by atoms with Crippen LogP contribution in [-0.2, 0) is 26.3 Å². The van der Waals surface area contributed by atoms with Crippen LogP contribution >= 0.6 is 0 Å². The molecule has 0 radical (unpaired) electrons. The van der Waals surface area contributed by atoms with E-state index in [-0.39, 0.29) is 27.7 Å². The molecule has 128 valence electrons. The maximum absolute atomic E-state index is 13.0. The molecule has 1 unspecified atom stereocenters. The van der Waals surface area contributed by atoms with E-state index in [0.29, 0.717) is 5.56 Å². The molecule has 3 rings (SSSR count). The summed E-state index contributed by atoms with van der Waals surface area (Å²) in [6.45, 7) is -0.380. The molecule has 24 heavy (non-hydrogen) atoms. The number of fused-ring (bicyclic) bond motifs is 1. The van der Waals surface area contributed by atoms with E-state index in [4.69, 9.17) is 4.74 Å². The number of hydrogen-bond acceptors (Lipinski definition) is 6. The molecule has 1 heterocycles. The molecule has 6 nitrogen and oxygen atoms in total. The standard InChI is InChI=1S/C16H16O6S2/c1-22-16-11(9-17)7-8-13-15(16)14(10-23(13,18)19)24(20,21)12-5-3-2-4-6-12/h2-8,14,17H,9-10H2,1H3. The van der Waals surface area contributed by atoms with E-state index < -0.39 is 30.7 Å². The van der Waals surface area contributed by atoms with E-state index >= 15 is 0 Å². The van der Waals surface area contributed by atoms with Crippen molar-refractivity contribution in [2.75, 3.05) is 12.9 Å². The van der Waals surface area contributed by atoms with Gasteiger partial charge in [-0.2, -0.15) is 0 Å². The van der Waals surface area contributed by atoms with Crippen molar-refractivity contribution in [3.8, 4) is 5.75 Å². The second kappa shape index (κ2) is 5.87. The highest BCUT2D eigenvalue weighted by Gasteiger charge is 2.45. The topological polar surface area (TPSA) is 97.7 Å². The number of methoxy groups -OCH3 is 1. The molecule has 0 amide bonds. The smallest absolute Gasteiger partial charge is 0.186 e. The Morgan fingerprint density at radius 1 is 1.17 bits per heavy atom. The van der Waals surface area contributed by atoms with Gasteiger partial charge in [0.05, 0.1) is 29.3 Å². The summed E-state index contributed by atoms with van der Waals surface area (Å²) in [5, 5.41) is 8.18. The van der Waals surface area contributed by atoms with Crippen LogP contribution in [0.1, 0.15) is 16.4 Å². The molecule has 2 aromatic carbocycles. The van der Waals surface area contributed by atoms with Gasteiger partial charge >= 0.3 is 0 Å². The molecule has 0 fully saturated rings. The van der Waals surface area contributed by atoms with Crippen LogP contribution in [0.3, 0.4) is 0 Å². The zero-order valence-corrected chi connectivity index (χ0v) is 14.5. The molecule has 1 aliphatic rings. The molecule has 2 aromatic rings. The van der Waals surface area contributed by atoms with E-state index in [1.54, 1.807) is 18.2 Å². The Kier molecular flexibility index (Phi) is 4.15. The highest BCUT2D eigenvalue weighted by atomic mass is 32.2. The Labute approximate surface area is 140 Å². The third kappa shape index (κ3) is 2.51. The summed E-state index contributed by atoms with van der Waals surface area (Å²) in [6, 6.07) is 10.5. The molecule has 1 N–H and O–H groups in total. The summed E-state index contributed by atoms with van der Waals surface area (Å²) in [5.74, 6) is -0.425. The van der Waals surface area contributed by atoms with Gasteiger partial charge in [0.15, 0.2) is 19.7 Å². The maximum atomic E-state index is 13.0. The molecule has 1 aliphatic heterocycles. The van der Waals surface area contributed by atoms with Gasteiger partial charge in [0.1, 0.15) is 11.0 Å². The fourth-order valence-corrected chi connectivity index (χ4v) is 7.29. The van der Waals surface area contributed by atoms with Crippen LogP contribution < -0.4 is 4.74 Å². The van der Waals surface area contributed by atoms with Crippen molar-refractivity contribution in [3.05, 3.63) is 53.6 Å². The lowest BCUT2D eigenvalue weighted by Crippen LogP contribution is -2.16. The van der Waals surface area contributed by atoms with Gasteiger partial charge in [-0.05, 0) is 18.2 Å².